The summed E-state index contributed by atoms with van der Waals surface area (Å²) in [6, 6.07) is 6.68. The van der Waals surface area contributed by atoms with Gasteiger partial charge in [-0.05, 0) is 19.1 Å². The van der Waals surface area contributed by atoms with E-state index in [-0.39, 0.29) is 23.2 Å². The highest BCUT2D eigenvalue weighted by molar-refractivity contribution is 6.00. The quantitative estimate of drug-likeness (QED) is 0.405. The summed E-state index contributed by atoms with van der Waals surface area (Å²) < 4.78 is 13.1. The number of aromatic nitrogens is 5. The van der Waals surface area contributed by atoms with Crippen molar-refractivity contribution >= 4 is 28.9 Å². The molecule has 12 heteroatoms. The molecule has 5 rings (SSSR count). The number of hydrogen-bond donors (Lipinski definition) is 3. The van der Waals surface area contributed by atoms with E-state index < -0.39 is 0 Å². The van der Waals surface area contributed by atoms with Crippen LogP contribution in [-0.2, 0) is 4.74 Å². The van der Waals surface area contributed by atoms with E-state index in [4.69, 9.17) is 9.26 Å². The lowest BCUT2D eigenvalue weighted by Gasteiger charge is -2.26. The second-order valence-electron chi connectivity index (χ2n) is 7.30. The van der Waals surface area contributed by atoms with Gasteiger partial charge >= 0.3 is 0 Å². The van der Waals surface area contributed by atoms with Gasteiger partial charge in [-0.15, -0.1) is 0 Å². The van der Waals surface area contributed by atoms with E-state index in [1.165, 1.54) is 15.3 Å². The Kier molecular flexibility index (Phi) is 4.82. The molecule has 4 aromatic rings. The fourth-order valence-corrected chi connectivity index (χ4v) is 3.32. The van der Waals surface area contributed by atoms with Gasteiger partial charge in [0.05, 0.1) is 25.5 Å². The van der Waals surface area contributed by atoms with E-state index in [1.807, 2.05) is 0 Å². The zero-order chi connectivity index (χ0) is 22.2. The highest BCUT2D eigenvalue weighted by Gasteiger charge is 2.24. The summed E-state index contributed by atoms with van der Waals surface area (Å²) in [7, 11) is 1.73. The number of nitrogens with one attached hydrogen (secondary N) is 3. The summed E-state index contributed by atoms with van der Waals surface area (Å²) in [4.78, 5) is 30.2. The molecule has 0 spiro atoms. The number of rotatable bonds is 6. The van der Waals surface area contributed by atoms with Crippen molar-refractivity contribution in [3.05, 3.63) is 58.3 Å². The predicted octanol–water partition coefficient (Wildman–Crippen LogP) is 1.09. The zero-order valence-corrected chi connectivity index (χ0v) is 17.3. The van der Waals surface area contributed by atoms with Crippen LogP contribution in [0.25, 0.3) is 11.5 Å². The van der Waals surface area contributed by atoms with Gasteiger partial charge in [0.2, 0.25) is 0 Å². The Morgan fingerprint density at radius 1 is 1.28 bits per heavy atom. The fourth-order valence-electron chi connectivity index (χ4n) is 3.32. The van der Waals surface area contributed by atoms with Gasteiger partial charge in [0.25, 0.3) is 11.5 Å². The second-order valence-corrected chi connectivity index (χ2v) is 7.30. The van der Waals surface area contributed by atoms with Crippen LogP contribution in [0.3, 0.4) is 0 Å². The average Bonchev–Trinajstić information content (AvgIpc) is 3.38. The molecule has 1 saturated heterocycles. The van der Waals surface area contributed by atoms with E-state index in [2.05, 4.69) is 31.2 Å². The average molecular weight is 436 g/mol. The molecule has 0 unspecified atom stereocenters. The van der Waals surface area contributed by atoms with Crippen LogP contribution in [0.1, 0.15) is 16.1 Å². The fraction of sp³-hybridized carbons (Fsp3) is 0.250. The SMILES string of the molecule is CNc1cc(Nc2cccn(-c3cc(C)on3)c2=O)nc2c(C(=O)NC3COC3)cnn12. The first-order valence-electron chi connectivity index (χ1n) is 9.91. The van der Waals surface area contributed by atoms with Gasteiger partial charge in [0, 0.05) is 25.4 Å². The van der Waals surface area contributed by atoms with Crippen molar-refractivity contribution in [3.8, 4) is 5.82 Å². The lowest BCUT2D eigenvalue weighted by atomic mass is 10.2. The van der Waals surface area contributed by atoms with Gasteiger partial charge < -0.3 is 25.2 Å². The standard InChI is InChI=1S/C20H20N8O4/c1-11-6-17(26-32-11)27-5-3-4-14(20(27)30)24-15-7-16(21-2)28-18(25-15)13(8-22-28)19(29)23-12-9-31-10-12/h3-8,12,21H,9-10H2,1-2H3,(H,23,29)(H,24,25). The lowest BCUT2D eigenvalue weighted by molar-refractivity contribution is -0.00343. The van der Waals surface area contributed by atoms with Crippen LogP contribution < -0.4 is 21.5 Å². The third kappa shape index (κ3) is 3.46. The van der Waals surface area contributed by atoms with Crippen molar-refractivity contribution in [1.82, 2.24) is 29.6 Å². The molecule has 5 heterocycles. The lowest BCUT2D eigenvalue weighted by Crippen LogP contribution is -2.48. The highest BCUT2D eigenvalue weighted by atomic mass is 16.5. The Morgan fingerprint density at radius 3 is 2.81 bits per heavy atom. The molecule has 0 radical (unpaired) electrons. The first-order chi connectivity index (χ1) is 15.5. The molecule has 12 nitrogen and oxygen atoms in total. The van der Waals surface area contributed by atoms with Crippen LogP contribution in [0, 0.1) is 6.92 Å². The topological polar surface area (TPSA) is 141 Å². The maximum absolute atomic E-state index is 13.0. The number of aryl methyl sites for hydroxylation is 1. The molecular formula is C20H20N8O4. The summed E-state index contributed by atoms with van der Waals surface area (Å²) in [5.74, 6) is 1.64. The number of amides is 1. The van der Waals surface area contributed by atoms with Crippen molar-refractivity contribution in [2.24, 2.45) is 0 Å². The summed E-state index contributed by atoms with van der Waals surface area (Å²) in [5.41, 5.74) is 0.621. The third-order valence-corrected chi connectivity index (χ3v) is 5.02. The van der Waals surface area contributed by atoms with E-state index in [0.29, 0.717) is 47.6 Å². The Labute approximate surface area is 181 Å². The Balaban J connectivity index is 1.51. The highest BCUT2D eigenvalue weighted by Crippen LogP contribution is 2.21. The maximum atomic E-state index is 13.0. The molecule has 0 saturated carbocycles. The molecule has 164 valence electrons. The molecule has 0 atom stereocenters. The van der Waals surface area contributed by atoms with Crippen molar-refractivity contribution in [2.45, 2.75) is 13.0 Å². The van der Waals surface area contributed by atoms with Crippen LogP contribution >= 0.6 is 0 Å². The Hall–Kier alpha value is -4.19. The first kappa shape index (κ1) is 19.8. The summed E-state index contributed by atoms with van der Waals surface area (Å²) in [6.07, 6.45) is 3.06. The molecule has 1 aliphatic rings. The van der Waals surface area contributed by atoms with E-state index >= 15 is 0 Å². The predicted molar refractivity (Wildman–Crippen MR) is 115 cm³/mol. The molecule has 1 amide bonds. The maximum Gasteiger partial charge on any atom is 0.280 e. The Bertz CT molecular complexity index is 1370. The van der Waals surface area contributed by atoms with Crippen LogP contribution in [-0.4, -0.2) is 56.5 Å². The van der Waals surface area contributed by atoms with Gasteiger partial charge in [0.1, 0.15) is 28.6 Å². The van der Waals surface area contributed by atoms with Crippen molar-refractivity contribution < 1.29 is 14.1 Å². The third-order valence-electron chi connectivity index (χ3n) is 5.02. The number of fused-ring (bicyclic) bond motifs is 1. The number of carbonyl (C=O) groups is 1. The van der Waals surface area contributed by atoms with E-state index in [0.717, 1.165) is 0 Å². The number of anilines is 3. The van der Waals surface area contributed by atoms with Crippen molar-refractivity contribution in [2.75, 3.05) is 30.9 Å². The number of pyridine rings is 1. The van der Waals surface area contributed by atoms with Gasteiger partial charge in [-0.2, -0.15) is 9.61 Å². The Morgan fingerprint density at radius 2 is 2.12 bits per heavy atom. The second kappa shape index (κ2) is 7.81. The number of ether oxygens (including phenoxy) is 1. The minimum absolute atomic E-state index is 0.0227. The molecule has 0 bridgehead atoms. The van der Waals surface area contributed by atoms with Gasteiger partial charge in [-0.3, -0.25) is 14.2 Å². The summed E-state index contributed by atoms with van der Waals surface area (Å²) in [5, 5.41) is 17.1. The zero-order valence-electron chi connectivity index (χ0n) is 17.3. The van der Waals surface area contributed by atoms with Crippen molar-refractivity contribution in [3.63, 3.8) is 0 Å². The van der Waals surface area contributed by atoms with Crippen molar-refractivity contribution in [1.29, 1.82) is 0 Å². The smallest absolute Gasteiger partial charge is 0.280 e. The normalized spacial score (nSPS) is 13.7. The monoisotopic (exact) mass is 436 g/mol. The molecule has 4 aromatic heterocycles. The number of carbonyl (C=O) groups excluding carboxylic acids is 1. The molecule has 1 fully saturated rings. The van der Waals surface area contributed by atoms with Crippen LogP contribution in [0.4, 0.5) is 17.3 Å². The summed E-state index contributed by atoms with van der Waals surface area (Å²) in [6.45, 7) is 2.72. The van der Waals surface area contributed by atoms with E-state index in [1.54, 1.807) is 44.4 Å². The largest absolute Gasteiger partial charge is 0.377 e. The minimum atomic E-state index is -0.329. The van der Waals surface area contributed by atoms with Gasteiger partial charge in [0.15, 0.2) is 11.5 Å². The van der Waals surface area contributed by atoms with E-state index in [9.17, 15) is 9.59 Å². The molecule has 32 heavy (non-hydrogen) atoms. The number of nitrogens with zero attached hydrogens (tertiary/aromatic N) is 5. The van der Waals surface area contributed by atoms with Crippen LogP contribution in [0.15, 0.2) is 46.0 Å². The molecule has 1 aliphatic heterocycles. The van der Waals surface area contributed by atoms with Crippen LogP contribution in [0.2, 0.25) is 0 Å². The van der Waals surface area contributed by atoms with Crippen LogP contribution in [0.5, 0.6) is 0 Å². The molecule has 0 aromatic carbocycles. The van der Waals surface area contributed by atoms with Gasteiger partial charge in [-0.25, -0.2) is 4.98 Å². The minimum Gasteiger partial charge on any atom is -0.377 e. The summed E-state index contributed by atoms with van der Waals surface area (Å²) >= 11 is 0. The van der Waals surface area contributed by atoms with Gasteiger partial charge in [-0.1, -0.05) is 5.16 Å². The molecule has 0 aliphatic carbocycles. The number of hydrogen-bond acceptors (Lipinski definition) is 9. The first-order valence-corrected chi connectivity index (χ1v) is 9.91. The molecule has 3 N–H and O–H groups in total. The molecular weight excluding hydrogens is 416 g/mol.